The third kappa shape index (κ3) is 1.82. The number of rotatable bonds is 3. The molecule has 3 N–H and O–H groups in total. The van der Waals surface area contributed by atoms with Crippen LogP contribution in [-0.4, -0.2) is 4.98 Å². The number of hydrogen-bond acceptors (Lipinski definition) is 5. The molecule has 0 bridgehead atoms. The van der Waals surface area contributed by atoms with Crippen LogP contribution in [0.5, 0.6) is 0 Å². The van der Waals surface area contributed by atoms with Crippen LogP contribution in [0.15, 0.2) is 39.6 Å². The highest BCUT2D eigenvalue weighted by atomic mass is 32.1. The highest BCUT2D eigenvalue weighted by molar-refractivity contribution is 7.07. The quantitative estimate of drug-likeness (QED) is 0.561. The maximum atomic E-state index is 5.90. The molecule has 0 radical (unpaired) electrons. The zero-order valence-electron chi connectivity index (χ0n) is 9.88. The van der Waals surface area contributed by atoms with Gasteiger partial charge in [0.2, 0.25) is 0 Å². The van der Waals surface area contributed by atoms with E-state index in [0.717, 1.165) is 28.0 Å². The molecule has 5 heteroatoms. The molecule has 0 fully saturated rings. The van der Waals surface area contributed by atoms with E-state index >= 15 is 0 Å². The molecule has 0 aliphatic rings. The normalized spacial score (nSPS) is 13.0. The summed E-state index contributed by atoms with van der Waals surface area (Å²) in [6, 6.07) is 7.88. The average molecular weight is 259 g/mol. The molecule has 3 aromatic rings. The largest absolute Gasteiger partial charge is 0.459 e. The van der Waals surface area contributed by atoms with E-state index in [1.165, 1.54) is 11.3 Å². The summed E-state index contributed by atoms with van der Waals surface area (Å²) in [5.41, 5.74) is 7.44. The van der Waals surface area contributed by atoms with E-state index in [1.54, 1.807) is 5.51 Å². The predicted molar refractivity (Wildman–Crippen MR) is 72.2 cm³/mol. The Kier molecular flexibility index (Phi) is 2.87. The number of thiazole rings is 1. The lowest BCUT2D eigenvalue weighted by Gasteiger charge is -2.09. The number of furan rings is 1. The number of nitrogens with one attached hydrogen (secondary N) is 1. The van der Waals surface area contributed by atoms with Crippen molar-refractivity contribution in [3.8, 4) is 0 Å². The van der Waals surface area contributed by atoms with Gasteiger partial charge in [0, 0.05) is 10.8 Å². The lowest BCUT2D eigenvalue weighted by molar-refractivity contribution is 0.471. The minimum Gasteiger partial charge on any atom is -0.459 e. The van der Waals surface area contributed by atoms with Crippen LogP contribution in [0.25, 0.3) is 11.0 Å². The molecule has 0 spiro atoms. The Morgan fingerprint density at radius 2 is 2.33 bits per heavy atom. The number of fused-ring (bicyclic) bond motifs is 1. The Hall–Kier alpha value is -1.69. The van der Waals surface area contributed by atoms with E-state index in [0.29, 0.717) is 0 Å². The maximum absolute atomic E-state index is 5.90. The molecule has 92 valence electrons. The number of para-hydroxylation sites is 1. The Labute approximate surface area is 108 Å². The number of benzene rings is 1. The molecule has 2 heterocycles. The zero-order valence-corrected chi connectivity index (χ0v) is 10.7. The first kappa shape index (κ1) is 11.4. The molecule has 1 unspecified atom stereocenters. The van der Waals surface area contributed by atoms with Gasteiger partial charge in [-0.05, 0) is 18.6 Å². The summed E-state index contributed by atoms with van der Waals surface area (Å²) in [6.07, 6.45) is 0. The van der Waals surface area contributed by atoms with Crippen molar-refractivity contribution in [3.63, 3.8) is 0 Å². The van der Waals surface area contributed by atoms with Crippen molar-refractivity contribution in [2.24, 2.45) is 5.84 Å². The second-order valence-corrected chi connectivity index (χ2v) is 4.87. The summed E-state index contributed by atoms with van der Waals surface area (Å²) < 4.78 is 5.90. The predicted octanol–water partition coefficient (Wildman–Crippen LogP) is 2.75. The molecule has 2 aromatic heterocycles. The minimum absolute atomic E-state index is 0.206. The van der Waals surface area contributed by atoms with Crippen LogP contribution in [0.4, 0.5) is 0 Å². The number of hydrazine groups is 1. The molecule has 0 saturated heterocycles. The molecule has 0 aliphatic heterocycles. The maximum Gasteiger partial charge on any atom is 0.137 e. The molecule has 1 atom stereocenters. The molecule has 3 rings (SSSR count). The van der Waals surface area contributed by atoms with Crippen LogP contribution in [0.2, 0.25) is 0 Å². The van der Waals surface area contributed by atoms with Gasteiger partial charge in [0.1, 0.15) is 17.4 Å². The molecule has 0 saturated carbocycles. The number of nitrogens with zero attached hydrogens (tertiary/aromatic N) is 1. The molecule has 0 amide bonds. The van der Waals surface area contributed by atoms with Crippen LogP contribution in [0, 0.1) is 6.92 Å². The number of aromatic nitrogens is 1. The number of nitrogens with two attached hydrogens (primary N) is 1. The van der Waals surface area contributed by atoms with Gasteiger partial charge in [-0.2, -0.15) is 0 Å². The third-order valence-corrected chi connectivity index (χ3v) is 3.56. The van der Waals surface area contributed by atoms with Gasteiger partial charge in [0.25, 0.3) is 0 Å². The van der Waals surface area contributed by atoms with Gasteiger partial charge in [0.15, 0.2) is 0 Å². The van der Waals surface area contributed by atoms with Crippen molar-refractivity contribution in [2.75, 3.05) is 0 Å². The summed E-state index contributed by atoms with van der Waals surface area (Å²) in [4.78, 5) is 4.27. The van der Waals surface area contributed by atoms with E-state index in [4.69, 9.17) is 10.3 Å². The lowest BCUT2D eigenvalue weighted by atomic mass is 10.1. The first-order chi connectivity index (χ1) is 8.79. The summed E-state index contributed by atoms with van der Waals surface area (Å²) in [5.74, 6) is 6.40. The minimum atomic E-state index is -0.206. The fraction of sp³-hybridized carbons (Fsp3) is 0.154. The molecular weight excluding hydrogens is 246 g/mol. The number of hydrogen-bond donors (Lipinski definition) is 2. The summed E-state index contributed by atoms with van der Waals surface area (Å²) in [7, 11) is 0. The van der Waals surface area contributed by atoms with Gasteiger partial charge in [-0.15, -0.1) is 11.3 Å². The van der Waals surface area contributed by atoms with E-state index < -0.39 is 0 Å². The van der Waals surface area contributed by atoms with Crippen LogP contribution >= 0.6 is 11.3 Å². The van der Waals surface area contributed by atoms with Crippen molar-refractivity contribution < 1.29 is 4.42 Å². The molecule has 0 aliphatic carbocycles. The smallest absolute Gasteiger partial charge is 0.137 e. The van der Waals surface area contributed by atoms with Crippen molar-refractivity contribution in [1.29, 1.82) is 0 Å². The third-order valence-electron chi connectivity index (χ3n) is 2.96. The fourth-order valence-corrected chi connectivity index (χ4v) is 2.63. The second-order valence-electron chi connectivity index (χ2n) is 4.16. The van der Waals surface area contributed by atoms with E-state index in [1.807, 2.05) is 36.6 Å². The van der Waals surface area contributed by atoms with Crippen molar-refractivity contribution in [1.82, 2.24) is 10.4 Å². The van der Waals surface area contributed by atoms with Crippen LogP contribution in [0.1, 0.15) is 23.1 Å². The van der Waals surface area contributed by atoms with Crippen LogP contribution < -0.4 is 11.3 Å². The van der Waals surface area contributed by atoms with E-state index in [2.05, 4.69) is 10.4 Å². The van der Waals surface area contributed by atoms with Crippen molar-refractivity contribution in [2.45, 2.75) is 13.0 Å². The SMILES string of the molecule is Cc1cccc2cc(C(NN)c3cscn3)oc12. The lowest BCUT2D eigenvalue weighted by Crippen LogP contribution is -2.28. The van der Waals surface area contributed by atoms with Gasteiger partial charge in [0.05, 0.1) is 11.2 Å². The first-order valence-corrected chi connectivity index (χ1v) is 6.57. The molecule has 18 heavy (non-hydrogen) atoms. The average Bonchev–Trinajstić information content (AvgIpc) is 3.00. The molecule has 4 nitrogen and oxygen atoms in total. The standard InChI is InChI=1S/C13H13N3OS/c1-8-3-2-4-9-5-11(17-13(8)9)12(16-14)10-6-18-7-15-10/h2-7,12,16H,14H2,1H3. The fourth-order valence-electron chi connectivity index (χ4n) is 2.05. The Bertz CT molecular complexity index is 660. The topological polar surface area (TPSA) is 64.1 Å². The highest BCUT2D eigenvalue weighted by Crippen LogP contribution is 2.29. The highest BCUT2D eigenvalue weighted by Gasteiger charge is 2.19. The second kappa shape index (κ2) is 4.53. The Balaban J connectivity index is 2.11. The summed E-state index contributed by atoms with van der Waals surface area (Å²) >= 11 is 1.54. The van der Waals surface area contributed by atoms with Crippen LogP contribution in [-0.2, 0) is 0 Å². The Morgan fingerprint density at radius 3 is 3.00 bits per heavy atom. The monoisotopic (exact) mass is 259 g/mol. The van der Waals surface area contributed by atoms with Gasteiger partial charge >= 0.3 is 0 Å². The molecular formula is C13H13N3OS. The summed E-state index contributed by atoms with van der Waals surface area (Å²) in [5, 5.41) is 3.05. The molecule has 1 aromatic carbocycles. The van der Waals surface area contributed by atoms with Crippen molar-refractivity contribution in [3.05, 3.63) is 52.2 Å². The van der Waals surface area contributed by atoms with Gasteiger partial charge in [-0.25, -0.2) is 10.4 Å². The van der Waals surface area contributed by atoms with E-state index in [-0.39, 0.29) is 6.04 Å². The van der Waals surface area contributed by atoms with Gasteiger partial charge < -0.3 is 4.42 Å². The van der Waals surface area contributed by atoms with Crippen molar-refractivity contribution >= 4 is 22.3 Å². The van der Waals surface area contributed by atoms with Gasteiger partial charge in [-0.1, -0.05) is 18.2 Å². The summed E-state index contributed by atoms with van der Waals surface area (Å²) in [6.45, 7) is 2.03. The first-order valence-electron chi connectivity index (χ1n) is 5.63. The van der Waals surface area contributed by atoms with E-state index in [9.17, 15) is 0 Å². The zero-order chi connectivity index (χ0) is 12.5. The number of aryl methyl sites for hydroxylation is 1. The van der Waals surface area contributed by atoms with Crippen LogP contribution in [0.3, 0.4) is 0 Å². The van der Waals surface area contributed by atoms with Gasteiger partial charge in [-0.3, -0.25) is 5.84 Å². The Morgan fingerprint density at radius 1 is 1.44 bits per heavy atom.